The molecule has 0 saturated heterocycles. The first-order valence-corrected chi connectivity index (χ1v) is 8.10. The fourth-order valence-electron chi connectivity index (χ4n) is 1.41. The Kier molecular flexibility index (Phi) is 9.37. The molecule has 5 heteroatoms. The Morgan fingerprint density at radius 3 is 2.50 bits per heavy atom. The zero-order valence-electron chi connectivity index (χ0n) is 9.83. The molecule has 16 heavy (non-hydrogen) atoms. The maximum Gasteiger partial charge on any atom is 0.271 e. The van der Waals surface area contributed by atoms with Crippen LogP contribution < -0.4 is 0 Å². The van der Waals surface area contributed by atoms with Gasteiger partial charge in [-0.25, -0.2) is 0 Å². The van der Waals surface area contributed by atoms with Gasteiger partial charge in [0.1, 0.15) is 6.61 Å². The number of unbranched alkanes of at least 4 members (excludes halogenated alkanes) is 2. The molecule has 0 N–H and O–H groups in total. The summed E-state index contributed by atoms with van der Waals surface area (Å²) >= 11 is 1.86. The minimum Gasteiger partial charge on any atom is -0.257 e. The number of hydrogen-bond donors (Lipinski definition) is 0. The fraction of sp³-hybridized carbons (Fsp3) is 0.818. The molecule has 94 valence electrons. The maximum absolute atomic E-state index is 11.7. The minimum atomic E-state index is -3.43. The molecule has 0 aliphatic heterocycles. The van der Waals surface area contributed by atoms with E-state index in [1.54, 1.807) is 0 Å². The van der Waals surface area contributed by atoms with Crippen molar-refractivity contribution in [2.24, 2.45) is 0 Å². The third kappa shape index (κ3) is 6.71. The van der Waals surface area contributed by atoms with Gasteiger partial charge in [0.2, 0.25) is 0 Å². The largest absolute Gasteiger partial charge is 0.271 e. The Hall–Kier alpha value is 0.200. The summed E-state index contributed by atoms with van der Waals surface area (Å²) in [6, 6.07) is 0. The molecule has 0 aromatic heterocycles. The lowest BCUT2D eigenvalue weighted by Crippen LogP contribution is -2.23. The van der Waals surface area contributed by atoms with Gasteiger partial charge in [-0.2, -0.15) is 8.42 Å². The van der Waals surface area contributed by atoms with Gasteiger partial charge in [-0.3, -0.25) is 4.18 Å². The smallest absolute Gasteiger partial charge is 0.257 e. The summed E-state index contributed by atoms with van der Waals surface area (Å²) in [5.41, 5.74) is 0. The molecule has 0 aliphatic carbocycles. The van der Waals surface area contributed by atoms with Gasteiger partial charge >= 0.3 is 0 Å². The van der Waals surface area contributed by atoms with E-state index >= 15 is 0 Å². The van der Waals surface area contributed by atoms with Gasteiger partial charge in [0.25, 0.3) is 10.1 Å². The molecular formula is C11H19IO3S. The molecule has 0 amide bonds. The maximum atomic E-state index is 11.7. The van der Waals surface area contributed by atoms with Gasteiger partial charge in [0.05, 0.1) is 5.25 Å². The number of hydrogen-bond acceptors (Lipinski definition) is 3. The summed E-state index contributed by atoms with van der Waals surface area (Å²) < 4.78 is 30.9. The van der Waals surface area contributed by atoms with Crippen molar-refractivity contribution in [2.75, 3.05) is 6.61 Å². The van der Waals surface area contributed by atoms with Crippen molar-refractivity contribution in [3.63, 3.8) is 0 Å². The molecule has 0 bridgehead atoms. The topological polar surface area (TPSA) is 43.4 Å². The highest BCUT2D eigenvalue weighted by molar-refractivity contribution is 14.1. The van der Waals surface area contributed by atoms with Gasteiger partial charge in [-0.15, -0.1) is 0 Å². The summed E-state index contributed by atoms with van der Waals surface area (Å²) in [6.07, 6.45) is 4.39. The quantitative estimate of drug-likeness (QED) is 0.290. The zero-order chi connectivity index (χ0) is 12.4. The average molecular weight is 358 g/mol. The van der Waals surface area contributed by atoms with Crippen molar-refractivity contribution in [1.29, 1.82) is 0 Å². The molecule has 0 rings (SSSR count). The van der Waals surface area contributed by atoms with Gasteiger partial charge in [0, 0.05) is 22.6 Å². The lowest BCUT2D eigenvalue weighted by molar-refractivity contribution is 0.350. The predicted molar refractivity (Wildman–Crippen MR) is 74.9 cm³/mol. The van der Waals surface area contributed by atoms with Crippen LogP contribution in [0.3, 0.4) is 0 Å². The molecule has 0 radical (unpaired) electrons. The van der Waals surface area contributed by atoms with Crippen molar-refractivity contribution >= 4 is 32.7 Å². The van der Waals surface area contributed by atoms with Crippen LogP contribution in [0.25, 0.3) is 0 Å². The highest BCUT2D eigenvalue weighted by Gasteiger charge is 2.23. The molecule has 1 atom stereocenters. The van der Waals surface area contributed by atoms with Crippen molar-refractivity contribution in [3.05, 3.63) is 0 Å². The van der Waals surface area contributed by atoms with Crippen LogP contribution in [0, 0.1) is 9.85 Å². The predicted octanol–water partition coefficient (Wildman–Crippen LogP) is 3.09. The molecule has 0 fully saturated rings. The van der Waals surface area contributed by atoms with Crippen LogP contribution in [-0.4, -0.2) is 20.3 Å². The van der Waals surface area contributed by atoms with E-state index in [-0.39, 0.29) is 11.9 Å². The van der Waals surface area contributed by atoms with E-state index < -0.39 is 10.1 Å². The molecule has 0 heterocycles. The van der Waals surface area contributed by atoms with Crippen LogP contribution in [-0.2, 0) is 14.3 Å². The first kappa shape index (κ1) is 16.2. The third-order valence-electron chi connectivity index (χ3n) is 2.36. The highest BCUT2D eigenvalue weighted by Crippen LogP contribution is 2.16. The first-order valence-electron chi connectivity index (χ1n) is 5.55. The van der Waals surface area contributed by atoms with E-state index in [4.69, 9.17) is 4.18 Å². The normalized spacial score (nSPS) is 12.9. The Balaban J connectivity index is 4.23. The van der Waals surface area contributed by atoms with E-state index in [0.29, 0.717) is 12.8 Å². The summed E-state index contributed by atoms with van der Waals surface area (Å²) in [4.78, 5) is 0. The lowest BCUT2D eigenvalue weighted by atomic mass is 10.1. The molecule has 1 unspecified atom stereocenters. The van der Waals surface area contributed by atoms with Gasteiger partial charge < -0.3 is 0 Å². The molecular weight excluding hydrogens is 339 g/mol. The van der Waals surface area contributed by atoms with Crippen LogP contribution in [0.2, 0.25) is 0 Å². The van der Waals surface area contributed by atoms with Crippen LogP contribution in [0.5, 0.6) is 0 Å². The van der Waals surface area contributed by atoms with Crippen molar-refractivity contribution in [1.82, 2.24) is 0 Å². The van der Waals surface area contributed by atoms with Gasteiger partial charge in [-0.1, -0.05) is 39.0 Å². The van der Waals surface area contributed by atoms with Crippen LogP contribution in [0.1, 0.15) is 46.0 Å². The number of rotatable bonds is 8. The summed E-state index contributed by atoms with van der Waals surface area (Å²) in [5.74, 6) is 2.59. The molecule has 0 aromatic carbocycles. The Bertz CT molecular complexity index is 327. The molecule has 0 aromatic rings. The highest BCUT2D eigenvalue weighted by atomic mass is 127. The Morgan fingerprint density at radius 2 is 2.00 bits per heavy atom. The second kappa shape index (κ2) is 9.25. The van der Waals surface area contributed by atoms with Crippen molar-refractivity contribution in [3.8, 4) is 9.85 Å². The van der Waals surface area contributed by atoms with Crippen LogP contribution in [0.4, 0.5) is 0 Å². The van der Waals surface area contributed by atoms with E-state index in [2.05, 4.69) is 16.8 Å². The summed E-state index contributed by atoms with van der Waals surface area (Å²) in [6.45, 7) is 3.94. The molecule has 0 aliphatic rings. The van der Waals surface area contributed by atoms with Gasteiger partial charge in [0.15, 0.2) is 0 Å². The molecule has 3 nitrogen and oxygen atoms in total. The second-order valence-electron chi connectivity index (χ2n) is 3.55. The molecule has 0 saturated carbocycles. The van der Waals surface area contributed by atoms with Crippen LogP contribution in [0.15, 0.2) is 0 Å². The van der Waals surface area contributed by atoms with E-state index in [9.17, 15) is 8.42 Å². The third-order valence-corrected chi connectivity index (χ3v) is 4.57. The van der Waals surface area contributed by atoms with Gasteiger partial charge in [-0.05, 0) is 16.8 Å². The molecule has 0 spiro atoms. The standard InChI is InChI=1S/C11H19IO3S/c1-3-5-6-8-11(4-2)16(13,14)15-10-7-9-12/h11H,3-6,8,10H2,1-2H3. The zero-order valence-corrected chi connectivity index (χ0v) is 12.8. The second-order valence-corrected chi connectivity index (χ2v) is 5.98. The van der Waals surface area contributed by atoms with Crippen LogP contribution >= 0.6 is 22.6 Å². The first-order chi connectivity index (χ1) is 7.58. The SMILES string of the molecule is CCCCCC(CC)S(=O)(=O)OCC#CI. The lowest BCUT2D eigenvalue weighted by Gasteiger charge is -2.14. The Morgan fingerprint density at radius 1 is 1.31 bits per heavy atom. The van der Waals surface area contributed by atoms with E-state index in [1.807, 2.05) is 29.5 Å². The number of halogens is 1. The Labute approximate surface area is 113 Å². The van der Waals surface area contributed by atoms with E-state index in [1.165, 1.54) is 0 Å². The van der Waals surface area contributed by atoms with E-state index in [0.717, 1.165) is 19.3 Å². The van der Waals surface area contributed by atoms with Crippen molar-refractivity contribution in [2.45, 2.75) is 51.2 Å². The average Bonchev–Trinajstić information content (AvgIpc) is 2.24. The summed E-state index contributed by atoms with van der Waals surface area (Å²) in [5, 5.41) is -0.380. The monoisotopic (exact) mass is 358 g/mol. The van der Waals surface area contributed by atoms with Crippen molar-refractivity contribution < 1.29 is 12.6 Å². The minimum absolute atomic E-state index is 0.0322. The summed E-state index contributed by atoms with van der Waals surface area (Å²) in [7, 11) is -3.43. The fourth-order valence-corrected chi connectivity index (χ4v) is 2.84.